The van der Waals surface area contributed by atoms with Crippen LogP contribution in [0, 0.1) is 5.82 Å². The van der Waals surface area contributed by atoms with Crippen molar-refractivity contribution in [1.82, 2.24) is 15.8 Å². The van der Waals surface area contributed by atoms with Gasteiger partial charge in [-0.15, -0.1) is 0 Å². The molecule has 0 fully saturated rings. The van der Waals surface area contributed by atoms with Crippen molar-refractivity contribution in [3.05, 3.63) is 65.0 Å². The molecule has 1 aliphatic heterocycles. The average molecular weight is 429 g/mol. The number of carbonyl (C=O) groups excluding carboxylic acids is 3. The summed E-state index contributed by atoms with van der Waals surface area (Å²) < 4.78 is 24.4. The number of fused-ring (bicyclic) bond motifs is 1. The molecular formula is C22H24FN3O5. The summed E-state index contributed by atoms with van der Waals surface area (Å²) in [7, 11) is 1.56. The van der Waals surface area contributed by atoms with Crippen molar-refractivity contribution in [2.24, 2.45) is 0 Å². The molecule has 1 aliphatic rings. The highest BCUT2D eigenvalue weighted by molar-refractivity contribution is 6.02. The first-order valence-corrected chi connectivity index (χ1v) is 9.57. The minimum absolute atomic E-state index is 0.144. The summed E-state index contributed by atoms with van der Waals surface area (Å²) in [6.45, 7) is 6.78. The molecule has 0 aromatic heterocycles. The SMILES string of the molecule is CN1C(=O)c2cc(C(=O)NNC(=O)OC(C)(C)C)ccc2OC1(C)c1ccc(F)cc1. The predicted molar refractivity (Wildman–Crippen MR) is 110 cm³/mol. The first-order chi connectivity index (χ1) is 14.4. The molecule has 2 aromatic carbocycles. The van der Waals surface area contributed by atoms with E-state index in [0.29, 0.717) is 5.56 Å². The molecule has 0 aliphatic carbocycles. The smallest absolute Gasteiger partial charge is 0.426 e. The molecule has 164 valence electrons. The number of carbonyl (C=O) groups is 3. The van der Waals surface area contributed by atoms with Gasteiger partial charge in [0.05, 0.1) is 5.56 Å². The van der Waals surface area contributed by atoms with Crippen molar-refractivity contribution in [2.75, 3.05) is 7.05 Å². The third kappa shape index (κ3) is 4.60. The molecule has 9 heteroatoms. The van der Waals surface area contributed by atoms with Crippen molar-refractivity contribution in [2.45, 2.75) is 39.0 Å². The highest BCUT2D eigenvalue weighted by Gasteiger charge is 2.43. The van der Waals surface area contributed by atoms with E-state index in [1.165, 1.54) is 35.2 Å². The number of nitrogens with zero attached hydrogens (tertiary/aromatic N) is 1. The van der Waals surface area contributed by atoms with E-state index in [0.717, 1.165) is 0 Å². The molecule has 0 saturated carbocycles. The average Bonchev–Trinajstić information content (AvgIpc) is 2.69. The normalized spacial score (nSPS) is 18.0. The van der Waals surface area contributed by atoms with Gasteiger partial charge in [-0.05, 0) is 58.0 Å². The first-order valence-electron chi connectivity index (χ1n) is 9.57. The van der Waals surface area contributed by atoms with Gasteiger partial charge in [-0.3, -0.25) is 19.9 Å². The summed E-state index contributed by atoms with van der Waals surface area (Å²) in [5.41, 5.74) is 3.45. The lowest BCUT2D eigenvalue weighted by atomic mass is 9.98. The standard InChI is InChI=1S/C22H24FN3O5/c1-21(2,3)31-20(29)25-24-18(27)13-6-11-17-16(12-13)19(28)26(5)22(4,30-17)14-7-9-15(23)10-8-14/h6-12H,1-5H3,(H,24,27)(H,25,29). The fourth-order valence-electron chi connectivity index (χ4n) is 3.08. The van der Waals surface area contributed by atoms with Gasteiger partial charge in [0.2, 0.25) is 5.72 Å². The van der Waals surface area contributed by atoms with Crippen LogP contribution in [0.25, 0.3) is 0 Å². The minimum atomic E-state index is -1.15. The Labute approximate surface area is 179 Å². The number of hydrogen-bond donors (Lipinski definition) is 2. The Morgan fingerprint density at radius 3 is 2.35 bits per heavy atom. The summed E-state index contributed by atoms with van der Waals surface area (Å²) in [5.74, 6) is -1.11. The Bertz CT molecular complexity index is 1030. The lowest BCUT2D eigenvalue weighted by molar-refractivity contribution is -0.0556. The quantitative estimate of drug-likeness (QED) is 0.714. The van der Waals surface area contributed by atoms with Crippen LogP contribution in [-0.4, -0.2) is 35.5 Å². The maximum atomic E-state index is 13.3. The Kier molecular flexibility index (Phi) is 5.62. The molecule has 0 saturated heterocycles. The topological polar surface area (TPSA) is 97.0 Å². The van der Waals surface area contributed by atoms with E-state index in [2.05, 4.69) is 10.9 Å². The zero-order chi connectivity index (χ0) is 23.0. The third-order valence-corrected chi connectivity index (χ3v) is 4.78. The number of nitrogens with one attached hydrogen (secondary N) is 2. The number of hydrazine groups is 1. The molecule has 2 N–H and O–H groups in total. The fraction of sp³-hybridized carbons (Fsp3) is 0.318. The Balaban J connectivity index is 1.80. The van der Waals surface area contributed by atoms with Crippen molar-refractivity contribution in [3.8, 4) is 5.75 Å². The molecule has 1 unspecified atom stereocenters. The lowest BCUT2D eigenvalue weighted by Gasteiger charge is -2.43. The van der Waals surface area contributed by atoms with Gasteiger partial charge in [0, 0.05) is 18.2 Å². The Morgan fingerprint density at radius 2 is 1.74 bits per heavy atom. The summed E-state index contributed by atoms with van der Waals surface area (Å²) in [6, 6.07) is 10.0. The highest BCUT2D eigenvalue weighted by Crippen LogP contribution is 2.39. The molecule has 8 nitrogen and oxygen atoms in total. The number of halogens is 1. The van der Waals surface area contributed by atoms with E-state index in [1.54, 1.807) is 46.9 Å². The van der Waals surface area contributed by atoms with Crippen molar-refractivity contribution < 1.29 is 28.2 Å². The molecule has 31 heavy (non-hydrogen) atoms. The molecule has 0 bridgehead atoms. The number of hydrogen-bond acceptors (Lipinski definition) is 5. The van der Waals surface area contributed by atoms with Crippen LogP contribution in [0.3, 0.4) is 0 Å². The van der Waals surface area contributed by atoms with E-state index in [4.69, 9.17) is 9.47 Å². The number of amides is 3. The van der Waals surface area contributed by atoms with Crippen LogP contribution in [0.4, 0.5) is 9.18 Å². The largest absolute Gasteiger partial charge is 0.463 e. The van der Waals surface area contributed by atoms with E-state index in [9.17, 15) is 18.8 Å². The second-order valence-electron chi connectivity index (χ2n) is 8.25. The van der Waals surface area contributed by atoms with Gasteiger partial charge in [-0.1, -0.05) is 12.1 Å². The van der Waals surface area contributed by atoms with Crippen LogP contribution in [0.5, 0.6) is 5.75 Å². The molecule has 0 spiro atoms. The number of ether oxygens (including phenoxy) is 2. The number of rotatable bonds is 2. The zero-order valence-corrected chi connectivity index (χ0v) is 17.9. The minimum Gasteiger partial charge on any atom is -0.463 e. The second kappa shape index (κ2) is 7.90. The van der Waals surface area contributed by atoms with Crippen LogP contribution in [0.15, 0.2) is 42.5 Å². The maximum absolute atomic E-state index is 13.3. The van der Waals surface area contributed by atoms with Gasteiger partial charge in [0.15, 0.2) is 0 Å². The maximum Gasteiger partial charge on any atom is 0.426 e. The molecule has 3 rings (SSSR count). The fourth-order valence-corrected chi connectivity index (χ4v) is 3.08. The molecule has 0 radical (unpaired) electrons. The van der Waals surface area contributed by atoms with Crippen molar-refractivity contribution in [3.63, 3.8) is 0 Å². The van der Waals surface area contributed by atoms with Crippen LogP contribution in [-0.2, 0) is 10.5 Å². The zero-order valence-electron chi connectivity index (χ0n) is 17.9. The summed E-state index contributed by atoms with van der Waals surface area (Å²) in [6.07, 6.45) is -0.812. The van der Waals surface area contributed by atoms with E-state index < -0.39 is 29.1 Å². The third-order valence-electron chi connectivity index (χ3n) is 4.78. The Hall–Kier alpha value is -3.62. The van der Waals surface area contributed by atoms with Gasteiger partial charge in [0.25, 0.3) is 11.8 Å². The van der Waals surface area contributed by atoms with Gasteiger partial charge in [-0.2, -0.15) is 0 Å². The molecule has 1 heterocycles. The van der Waals surface area contributed by atoms with Crippen LogP contribution >= 0.6 is 0 Å². The molecule has 2 aromatic rings. The molecule has 1 atom stereocenters. The first kappa shape index (κ1) is 22.1. The lowest BCUT2D eigenvalue weighted by Crippen LogP contribution is -2.52. The molecular weight excluding hydrogens is 405 g/mol. The van der Waals surface area contributed by atoms with Gasteiger partial charge < -0.3 is 9.47 Å². The van der Waals surface area contributed by atoms with Crippen LogP contribution in [0.1, 0.15) is 54.0 Å². The Morgan fingerprint density at radius 1 is 1.10 bits per heavy atom. The van der Waals surface area contributed by atoms with Crippen LogP contribution < -0.4 is 15.6 Å². The monoisotopic (exact) mass is 429 g/mol. The van der Waals surface area contributed by atoms with Crippen LogP contribution in [0.2, 0.25) is 0 Å². The van der Waals surface area contributed by atoms with E-state index >= 15 is 0 Å². The van der Waals surface area contributed by atoms with Gasteiger partial charge in [0.1, 0.15) is 17.2 Å². The second-order valence-corrected chi connectivity index (χ2v) is 8.25. The summed E-state index contributed by atoms with van der Waals surface area (Å²) >= 11 is 0. The van der Waals surface area contributed by atoms with Crippen molar-refractivity contribution in [1.29, 1.82) is 0 Å². The summed E-state index contributed by atoms with van der Waals surface area (Å²) in [5, 5.41) is 0. The summed E-state index contributed by atoms with van der Waals surface area (Å²) in [4.78, 5) is 38.5. The highest BCUT2D eigenvalue weighted by atomic mass is 19.1. The van der Waals surface area contributed by atoms with Gasteiger partial charge >= 0.3 is 6.09 Å². The van der Waals surface area contributed by atoms with E-state index in [-0.39, 0.29) is 22.8 Å². The van der Waals surface area contributed by atoms with Crippen molar-refractivity contribution >= 4 is 17.9 Å². The number of benzene rings is 2. The van der Waals surface area contributed by atoms with E-state index in [1.807, 2.05) is 0 Å². The van der Waals surface area contributed by atoms with Gasteiger partial charge in [-0.25, -0.2) is 14.6 Å². The predicted octanol–water partition coefficient (Wildman–Crippen LogP) is 3.33. The molecule has 3 amide bonds.